The largest absolute Gasteiger partial charge is 0.464 e. The van der Waals surface area contributed by atoms with E-state index < -0.39 is 0 Å². The van der Waals surface area contributed by atoms with Crippen LogP contribution in [0.3, 0.4) is 0 Å². The van der Waals surface area contributed by atoms with Crippen molar-refractivity contribution in [2.75, 3.05) is 20.1 Å². The van der Waals surface area contributed by atoms with Gasteiger partial charge in [-0.2, -0.15) is 0 Å². The van der Waals surface area contributed by atoms with Gasteiger partial charge in [0, 0.05) is 23.5 Å². The molecule has 17 heavy (non-hydrogen) atoms. The summed E-state index contributed by atoms with van der Waals surface area (Å²) >= 11 is 0. The molecule has 1 aromatic carbocycles. The van der Waals surface area contributed by atoms with E-state index in [0.29, 0.717) is 12.0 Å². The van der Waals surface area contributed by atoms with Gasteiger partial charge in [-0.05, 0) is 32.0 Å². The van der Waals surface area contributed by atoms with Crippen molar-refractivity contribution in [3.8, 4) is 0 Å². The molecular formula is C14H18N2O. The van der Waals surface area contributed by atoms with Gasteiger partial charge in [0.1, 0.15) is 5.58 Å². The summed E-state index contributed by atoms with van der Waals surface area (Å²) in [6.07, 6.45) is 2.90. The Morgan fingerprint density at radius 2 is 2.29 bits per heavy atom. The molecule has 0 radical (unpaired) electrons. The molecule has 2 heterocycles. The number of fused-ring (bicyclic) bond motifs is 1. The van der Waals surface area contributed by atoms with Gasteiger partial charge in [-0.15, -0.1) is 0 Å². The van der Waals surface area contributed by atoms with E-state index >= 15 is 0 Å². The van der Waals surface area contributed by atoms with Crippen LogP contribution < -0.4 is 5.73 Å². The molecule has 3 nitrogen and oxygen atoms in total. The highest BCUT2D eigenvalue weighted by Gasteiger charge is 2.31. The van der Waals surface area contributed by atoms with Crippen LogP contribution in [0.2, 0.25) is 0 Å². The third-order valence-electron chi connectivity index (χ3n) is 3.84. The fourth-order valence-electron chi connectivity index (χ4n) is 2.92. The second kappa shape index (κ2) is 4.17. The Balaban J connectivity index is 2.01. The Hall–Kier alpha value is -1.32. The summed E-state index contributed by atoms with van der Waals surface area (Å²) in [5, 5.41) is 1.19. The molecule has 1 saturated heterocycles. The molecule has 0 spiro atoms. The normalized spacial score (nSPS) is 25.8. The van der Waals surface area contributed by atoms with E-state index in [0.717, 1.165) is 25.1 Å². The summed E-state index contributed by atoms with van der Waals surface area (Å²) in [5.41, 5.74) is 8.11. The molecule has 0 bridgehead atoms. The van der Waals surface area contributed by atoms with Crippen LogP contribution >= 0.6 is 0 Å². The summed E-state index contributed by atoms with van der Waals surface area (Å²) in [4.78, 5) is 2.38. The zero-order valence-electron chi connectivity index (χ0n) is 10.1. The van der Waals surface area contributed by atoms with Gasteiger partial charge in [-0.1, -0.05) is 18.2 Å². The van der Waals surface area contributed by atoms with Crippen molar-refractivity contribution in [2.24, 2.45) is 11.7 Å². The predicted molar refractivity (Wildman–Crippen MR) is 68.7 cm³/mol. The first-order valence-corrected chi connectivity index (χ1v) is 6.16. The van der Waals surface area contributed by atoms with Crippen LogP contribution in [-0.4, -0.2) is 25.0 Å². The van der Waals surface area contributed by atoms with Crippen LogP contribution in [0.15, 0.2) is 34.9 Å². The highest BCUT2D eigenvalue weighted by atomic mass is 16.3. The van der Waals surface area contributed by atoms with Crippen LogP contribution in [0.4, 0.5) is 0 Å². The molecule has 1 aromatic heterocycles. The summed E-state index contributed by atoms with van der Waals surface area (Å²) in [6, 6.07) is 8.84. The van der Waals surface area contributed by atoms with Crippen LogP contribution in [-0.2, 0) is 0 Å². The Kier molecular flexibility index (Phi) is 2.65. The van der Waals surface area contributed by atoms with Gasteiger partial charge in [0.15, 0.2) is 0 Å². The summed E-state index contributed by atoms with van der Waals surface area (Å²) < 4.78 is 5.62. The monoisotopic (exact) mass is 230 g/mol. The molecule has 2 atom stereocenters. The highest BCUT2D eigenvalue weighted by molar-refractivity contribution is 5.80. The Labute approximate surface area is 101 Å². The minimum Gasteiger partial charge on any atom is -0.464 e. The van der Waals surface area contributed by atoms with Crippen molar-refractivity contribution in [1.29, 1.82) is 0 Å². The minimum absolute atomic E-state index is 0.443. The molecule has 0 saturated carbocycles. The number of para-hydroxylation sites is 1. The summed E-state index contributed by atoms with van der Waals surface area (Å²) in [5.74, 6) is 0.607. The number of hydrogen-bond donors (Lipinski definition) is 1. The van der Waals surface area contributed by atoms with E-state index in [4.69, 9.17) is 10.2 Å². The third-order valence-corrected chi connectivity index (χ3v) is 3.84. The molecule has 1 aliphatic rings. The van der Waals surface area contributed by atoms with E-state index in [1.54, 1.807) is 6.26 Å². The number of nitrogens with zero attached hydrogens (tertiary/aromatic N) is 1. The molecule has 0 aliphatic carbocycles. The van der Waals surface area contributed by atoms with E-state index in [1.165, 1.54) is 10.9 Å². The van der Waals surface area contributed by atoms with Crippen molar-refractivity contribution in [1.82, 2.24) is 4.90 Å². The number of nitrogens with two attached hydrogens (primary N) is 1. The lowest BCUT2D eigenvalue weighted by Gasteiger charge is -2.19. The van der Waals surface area contributed by atoms with E-state index in [2.05, 4.69) is 30.1 Å². The zero-order valence-corrected chi connectivity index (χ0v) is 10.1. The van der Waals surface area contributed by atoms with Crippen molar-refractivity contribution in [3.63, 3.8) is 0 Å². The van der Waals surface area contributed by atoms with Crippen molar-refractivity contribution in [2.45, 2.75) is 12.5 Å². The molecule has 90 valence electrons. The molecular weight excluding hydrogens is 212 g/mol. The number of rotatable bonds is 2. The molecule has 0 amide bonds. The lowest BCUT2D eigenvalue weighted by Crippen LogP contribution is -2.20. The van der Waals surface area contributed by atoms with Crippen LogP contribution in [0.5, 0.6) is 0 Å². The second-order valence-corrected chi connectivity index (χ2v) is 4.98. The third kappa shape index (κ3) is 1.75. The smallest absolute Gasteiger partial charge is 0.138 e. The Morgan fingerprint density at radius 1 is 1.41 bits per heavy atom. The minimum atomic E-state index is 0.443. The second-order valence-electron chi connectivity index (χ2n) is 4.98. The molecule has 1 aliphatic heterocycles. The number of benzene rings is 1. The van der Waals surface area contributed by atoms with E-state index in [1.807, 2.05) is 6.07 Å². The van der Waals surface area contributed by atoms with Crippen molar-refractivity contribution < 1.29 is 4.42 Å². The topological polar surface area (TPSA) is 42.4 Å². The fraction of sp³-hybridized carbons (Fsp3) is 0.429. The molecule has 1 fully saturated rings. The predicted octanol–water partition coefficient (Wildman–Crippen LogP) is 2.38. The first-order chi connectivity index (χ1) is 8.29. The average molecular weight is 230 g/mol. The van der Waals surface area contributed by atoms with Gasteiger partial charge >= 0.3 is 0 Å². The Morgan fingerprint density at radius 3 is 3.06 bits per heavy atom. The fourth-order valence-corrected chi connectivity index (χ4v) is 2.92. The maximum Gasteiger partial charge on any atom is 0.138 e. The maximum atomic E-state index is 5.78. The van der Waals surface area contributed by atoms with Gasteiger partial charge < -0.3 is 10.2 Å². The quantitative estimate of drug-likeness (QED) is 0.861. The molecule has 2 unspecified atom stereocenters. The number of furan rings is 1. The van der Waals surface area contributed by atoms with Crippen LogP contribution in [0.25, 0.3) is 11.0 Å². The molecule has 3 heteroatoms. The Bertz CT molecular complexity index is 520. The van der Waals surface area contributed by atoms with Gasteiger partial charge in [-0.25, -0.2) is 0 Å². The SMILES string of the molecule is CN1CC(CN)CC1c1cccc2ccoc12. The lowest BCUT2D eigenvalue weighted by atomic mass is 9.98. The van der Waals surface area contributed by atoms with E-state index in [-0.39, 0.29) is 0 Å². The summed E-state index contributed by atoms with van der Waals surface area (Å²) in [7, 11) is 2.17. The lowest BCUT2D eigenvalue weighted by molar-refractivity contribution is 0.313. The average Bonchev–Trinajstić information content (AvgIpc) is 2.94. The van der Waals surface area contributed by atoms with Crippen LogP contribution in [0.1, 0.15) is 18.0 Å². The standard InChI is InChI=1S/C14H18N2O/c1-16-9-10(8-15)7-13(16)12-4-2-3-11-5-6-17-14(11)12/h2-6,10,13H,7-9,15H2,1H3. The van der Waals surface area contributed by atoms with Gasteiger partial charge in [0.25, 0.3) is 0 Å². The molecule has 3 rings (SSSR count). The van der Waals surface area contributed by atoms with Gasteiger partial charge in [0.05, 0.1) is 6.26 Å². The summed E-state index contributed by atoms with van der Waals surface area (Å²) in [6.45, 7) is 1.85. The first-order valence-electron chi connectivity index (χ1n) is 6.16. The van der Waals surface area contributed by atoms with Crippen molar-refractivity contribution in [3.05, 3.63) is 36.1 Å². The van der Waals surface area contributed by atoms with E-state index in [9.17, 15) is 0 Å². The zero-order chi connectivity index (χ0) is 11.8. The van der Waals surface area contributed by atoms with Crippen molar-refractivity contribution >= 4 is 11.0 Å². The molecule has 2 aromatic rings. The van der Waals surface area contributed by atoms with Gasteiger partial charge in [-0.3, -0.25) is 4.90 Å². The van der Waals surface area contributed by atoms with Crippen LogP contribution in [0, 0.1) is 5.92 Å². The number of likely N-dealkylation sites (tertiary alicyclic amines) is 1. The first kappa shape index (κ1) is 10.8. The van der Waals surface area contributed by atoms with Gasteiger partial charge in [0.2, 0.25) is 0 Å². The number of hydrogen-bond acceptors (Lipinski definition) is 3. The molecule has 2 N–H and O–H groups in total. The maximum absolute atomic E-state index is 5.78. The highest BCUT2D eigenvalue weighted by Crippen LogP contribution is 2.37.